The van der Waals surface area contributed by atoms with Crippen LogP contribution in [-0.4, -0.2) is 31.3 Å². The molecule has 6 nitrogen and oxygen atoms in total. The highest BCUT2D eigenvalue weighted by Crippen LogP contribution is 2.29. The van der Waals surface area contributed by atoms with Crippen molar-refractivity contribution >= 4 is 41.6 Å². The number of H-pyrrole nitrogens is 2. The van der Waals surface area contributed by atoms with Gasteiger partial charge in [0, 0.05) is 16.8 Å². The number of halogens is 2. The Morgan fingerprint density at radius 3 is 2.96 bits per heavy atom. The predicted octanol–water partition coefficient (Wildman–Crippen LogP) is 4.01. The van der Waals surface area contributed by atoms with Gasteiger partial charge in [0.1, 0.15) is 5.69 Å². The maximum Gasteiger partial charge on any atom is 0.216 e. The van der Waals surface area contributed by atoms with E-state index in [1.54, 1.807) is 17.0 Å². The summed E-state index contributed by atoms with van der Waals surface area (Å²) in [5.74, 6) is 0.578. The van der Waals surface area contributed by atoms with E-state index in [4.69, 9.17) is 35.4 Å². The molecule has 4 rings (SSSR count). The molecule has 2 heterocycles. The van der Waals surface area contributed by atoms with Crippen LogP contribution >= 0.6 is 35.4 Å². The van der Waals surface area contributed by atoms with Crippen molar-refractivity contribution in [1.82, 2.24) is 25.1 Å². The van der Waals surface area contributed by atoms with Gasteiger partial charge in [-0.05, 0) is 37.5 Å². The minimum absolute atomic E-state index is 0.383. The smallest absolute Gasteiger partial charge is 0.216 e. The third kappa shape index (κ3) is 2.58. The van der Waals surface area contributed by atoms with Gasteiger partial charge in [-0.15, -0.1) is 0 Å². The monoisotopic (exact) mass is 378 g/mol. The number of rotatable bonds is 3. The molecule has 0 amide bonds. The van der Waals surface area contributed by atoms with Crippen molar-refractivity contribution in [3.63, 3.8) is 0 Å². The summed E-state index contributed by atoms with van der Waals surface area (Å²) >= 11 is 17.5. The van der Waals surface area contributed by atoms with Crippen LogP contribution in [0.25, 0.3) is 11.5 Å². The molecule has 1 aliphatic carbocycles. The molecule has 2 N–H and O–H groups in total. The van der Waals surface area contributed by atoms with E-state index in [0.717, 1.165) is 30.7 Å². The Morgan fingerprint density at radius 1 is 1.21 bits per heavy atom. The van der Waals surface area contributed by atoms with Crippen molar-refractivity contribution in [3.05, 3.63) is 49.8 Å². The molecule has 0 fully saturated rings. The SMILES string of the molecule is S=c1[nH]nc(-c2n[nH]c3c2CCC3)n1/N=C\c1cccc(Cl)c1Cl. The number of aromatic amines is 2. The average molecular weight is 379 g/mol. The van der Waals surface area contributed by atoms with Crippen LogP contribution in [0, 0.1) is 4.77 Å². The fraction of sp³-hybridized carbons (Fsp3) is 0.200. The average Bonchev–Trinajstić information content (AvgIpc) is 3.25. The summed E-state index contributed by atoms with van der Waals surface area (Å²) in [4.78, 5) is 0. The summed E-state index contributed by atoms with van der Waals surface area (Å²) in [5, 5.41) is 19.8. The summed E-state index contributed by atoms with van der Waals surface area (Å²) in [7, 11) is 0. The van der Waals surface area contributed by atoms with Crippen molar-refractivity contribution in [3.8, 4) is 11.5 Å². The molecule has 0 unspecified atom stereocenters. The van der Waals surface area contributed by atoms with Crippen LogP contribution in [-0.2, 0) is 12.8 Å². The molecule has 0 spiro atoms. The highest BCUT2D eigenvalue weighted by Gasteiger charge is 2.23. The number of aromatic nitrogens is 5. The molecule has 0 aliphatic heterocycles. The van der Waals surface area contributed by atoms with Gasteiger partial charge in [-0.1, -0.05) is 35.3 Å². The largest absolute Gasteiger partial charge is 0.282 e. The Labute approximate surface area is 152 Å². The maximum atomic E-state index is 6.19. The first-order chi connectivity index (χ1) is 11.6. The van der Waals surface area contributed by atoms with E-state index in [-0.39, 0.29) is 0 Å². The number of hydrogen-bond donors (Lipinski definition) is 2. The van der Waals surface area contributed by atoms with Gasteiger partial charge in [0.2, 0.25) is 10.6 Å². The van der Waals surface area contributed by atoms with Crippen LogP contribution in [0.3, 0.4) is 0 Å². The number of hydrogen-bond acceptors (Lipinski definition) is 4. The molecule has 0 atom stereocenters. The standard InChI is InChI=1S/C15H12Cl2N6S/c16-10-5-1-3-8(12(10)17)7-18-23-14(21-22-15(23)24)13-9-4-2-6-11(9)19-20-13/h1,3,5,7H,2,4,6H2,(H,19,20)(H,22,24)/b18-7-. The van der Waals surface area contributed by atoms with Crippen molar-refractivity contribution in [2.24, 2.45) is 5.10 Å². The second-order valence-corrected chi connectivity index (χ2v) is 6.61. The maximum absolute atomic E-state index is 6.19. The third-order valence-corrected chi connectivity index (χ3v) is 5.06. The number of nitrogens with one attached hydrogen (secondary N) is 2. The molecule has 1 aromatic carbocycles. The predicted molar refractivity (Wildman–Crippen MR) is 96.5 cm³/mol. The molecule has 0 bridgehead atoms. The highest BCUT2D eigenvalue weighted by atomic mass is 35.5. The van der Waals surface area contributed by atoms with Gasteiger partial charge in [-0.3, -0.25) is 5.10 Å². The molecule has 0 saturated carbocycles. The molecule has 0 radical (unpaired) electrons. The van der Waals surface area contributed by atoms with E-state index in [1.165, 1.54) is 5.56 Å². The topological polar surface area (TPSA) is 74.7 Å². The number of fused-ring (bicyclic) bond motifs is 1. The Kier molecular flexibility index (Phi) is 3.99. The van der Waals surface area contributed by atoms with Crippen molar-refractivity contribution < 1.29 is 0 Å². The second kappa shape index (κ2) is 6.16. The van der Waals surface area contributed by atoms with E-state index in [2.05, 4.69) is 25.5 Å². The fourth-order valence-electron chi connectivity index (χ4n) is 2.80. The van der Waals surface area contributed by atoms with Gasteiger partial charge in [-0.2, -0.15) is 20.0 Å². The van der Waals surface area contributed by atoms with Crippen molar-refractivity contribution in [2.45, 2.75) is 19.3 Å². The van der Waals surface area contributed by atoms with Crippen LogP contribution in [0.15, 0.2) is 23.3 Å². The van der Waals surface area contributed by atoms with Crippen LogP contribution in [0.1, 0.15) is 23.2 Å². The molecule has 122 valence electrons. The normalized spacial score (nSPS) is 13.8. The van der Waals surface area contributed by atoms with Gasteiger partial charge in [0.25, 0.3) is 0 Å². The zero-order valence-corrected chi connectivity index (χ0v) is 14.7. The van der Waals surface area contributed by atoms with E-state index < -0.39 is 0 Å². The Morgan fingerprint density at radius 2 is 2.08 bits per heavy atom. The van der Waals surface area contributed by atoms with Crippen LogP contribution < -0.4 is 0 Å². The lowest BCUT2D eigenvalue weighted by atomic mass is 10.2. The minimum atomic E-state index is 0.383. The quantitative estimate of drug-likeness (QED) is 0.533. The molecule has 1 aliphatic rings. The van der Waals surface area contributed by atoms with Crippen LogP contribution in [0.5, 0.6) is 0 Å². The van der Waals surface area contributed by atoms with E-state index in [9.17, 15) is 0 Å². The lowest BCUT2D eigenvalue weighted by Gasteiger charge is -2.01. The van der Waals surface area contributed by atoms with E-state index in [1.807, 2.05) is 12.1 Å². The molecular weight excluding hydrogens is 367 g/mol. The Hall–Kier alpha value is -1.96. The van der Waals surface area contributed by atoms with E-state index in [0.29, 0.717) is 26.2 Å². The first-order valence-corrected chi connectivity index (χ1v) is 8.54. The summed E-state index contributed by atoms with van der Waals surface area (Å²) in [6, 6.07) is 5.36. The summed E-state index contributed by atoms with van der Waals surface area (Å²) in [6.07, 6.45) is 4.71. The lowest BCUT2D eigenvalue weighted by molar-refractivity contribution is 0.844. The van der Waals surface area contributed by atoms with Gasteiger partial charge in [-0.25, -0.2) is 5.10 Å². The highest BCUT2D eigenvalue weighted by molar-refractivity contribution is 7.71. The first kappa shape index (κ1) is 15.6. The molecule has 3 aromatic rings. The van der Waals surface area contributed by atoms with Crippen LogP contribution in [0.2, 0.25) is 10.0 Å². The number of benzene rings is 1. The number of aryl methyl sites for hydroxylation is 1. The van der Waals surface area contributed by atoms with Gasteiger partial charge >= 0.3 is 0 Å². The van der Waals surface area contributed by atoms with E-state index >= 15 is 0 Å². The molecule has 0 saturated heterocycles. The minimum Gasteiger partial charge on any atom is -0.282 e. The van der Waals surface area contributed by atoms with Crippen LogP contribution in [0.4, 0.5) is 0 Å². The first-order valence-electron chi connectivity index (χ1n) is 7.37. The summed E-state index contributed by atoms with van der Waals surface area (Å²) in [6.45, 7) is 0. The molecule has 9 heteroatoms. The van der Waals surface area contributed by atoms with Crippen molar-refractivity contribution in [2.75, 3.05) is 0 Å². The lowest BCUT2D eigenvalue weighted by Crippen LogP contribution is -1.97. The summed E-state index contributed by atoms with van der Waals surface area (Å²) in [5.41, 5.74) is 3.82. The second-order valence-electron chi connectivity index (χ2n) is 5.43. The molecule has 2 aromatic heterocycles. The van der Waals surface area contributed by atoms with Gasteiger partial charge in [0.05, 0.1) is 16.3 Å². The zero-order chi connectivity index (χ0) is 16.7. The number of nitrogens with zero attached hydrogens (tertiary/aromatic N) is 4. The van der Waals surface area contributed by atoms with Gasteiger partial charge in [0.15, 0.2) is 0 Å². The van der Waals surface area contributed by atoms with Gasteiger partial charge < -0.3 is 0 Å². The molecular formula is C15H12Cl2N6S. The Balaban J connectivity index is 1.77. The summed E-state index contributed by atoms with van der Waals surface area (Å²) < 4.78 is 1.93. The zero-order valence-electron chi connectivity index (χ0n) is 12.4. The third-order valence-electron chi connectivity index (χ3n) is 3.96. The van der Waals surface area contributed by atoms with Crippen molar-refractivity contribution in [1.29, 1.82) is 0 Å². The molecule has 24 heavy (non-hydrogen) atoms. The Bertz CT molecular complexity index is 1000. The fourth-order valence-corrected chi connectivity index (χ4v) is 3.33.